The van der Waals surface area contributed by atoms with E-state index in [1.54, 1.807) is 0 Å². The van der Waals surface area contributed by atoms with Gasteiger partial charge >= 0.3 is 0 Å². The van der Waals surface area contributed by atoms with E-state index in [2.05, 4.69) is 46.4 Å². The summed E-state index contributed by atoms with van der Waals surface area (Å²) in [5, 5.41) is 6.54. The number of nitrogens with zero attached hydrogens (tertiary/aromatic N) is 3. The van der Waals surface area contributed by atoms with Crippen molar-refractivity contribution in [3.8, 4) is 0 Å². The van der Waals surface area contributed by atoms with E-state index in [1.165, 1.54) is 0 Å². The van der Waals surface area contributed by atoms with Gasteiger partial charge < -0.3 is 10.6 Å². The molecule has 0 amide bonds. The van der Waals surface area contributed by atoms with Crippen molar-refractivity contribution in [2.24, 2.45) is 0 Å². The van der Waals surface area contributed by atoms with Crippen LogP contribution in [-0.4, -0.2) is 39.0 Å². The molecule has 0 saturated heterocycles. The molecule has 18 heavy (non-hydrogen) atoms. The molecule has 102 valence electrons. The van der Waals surface area contributed by atoms with E-state index < -0.39 is 0 Å². The molecule has 0 aliphatic carbocycles. The number of halogens is 1. The third-order valence-corrected chi connectivity index (χ3v) is 3.40. The van der Waals surface area contributed by atoms with Crippen LogP contribution in [0.4, 0.5) is 11.9 Å². The van der Waals surface area contributed by atoms with Gasteiger partial charge in [0, 0.05) is 18.3 Å². The minimum absolute atomic E-state index is 0.210. The van der Waals surface area contributed by atoms with Gasteiger partial charge in [-0.25, -0.2) is 0 Å². The zero-order chi connectivity index (χ0) is 13.4. The number of hydrogen-bond donors (Lipinski definition) is 2. The molecule has 1 rings (SSSR count). The number of anilines is 2. The Morgan fingerprint density at radius 3 is 2.61 bits per heavy atom. The molecule has 1 aromatic rings. The van der Waals surface area contributed by atoms with Crippen LogP contribution in [0.3, 0.4) is 0 Å². The molecule has 0 fully saturated rings. The van der Waals surface area contributed by atoms with Crippen molar-refractivity contribution in [1.29, 1.82) is 0 Å². The molecule has 2 N–H and O–H groups in total. The molecule has 1 aromatic heterocycles. The monoisotopic (exact) mass is 289 g/mol. The molecule has 1 heterocycles. The zero-order valence-electron chi connectivity index (χ0n) is 11.0. The zero-order valence-corrected chi connectivity index (χ0v) is 12.6. The summed E-state index contributed by atoms with van der Waals surface area (Å²) < 4.78 is 0. The van der Waals surface area contributed by atoms with Crippen molar-refractivity contribution in [3.05, 3.63) is 5.28 Å². The summed E-state index contributed by atoms with van der Waals surface area (Å²) in [6.07, 6.45) is 1.01. The fourth-order valence-electron chi connectivity index (χ4n) is 1.29. The van der Waals surface area contributed by atoms with E-state index in [-0.39, 0.29) is 5.28 Å². The second kappa shape index (κ2) is 8.37. The molecule has 0 aliphatic rings. The maximum absolute atomic E-state index is 5.87. The Kier molecular flexibility index (Phi) is 7.12. The molecule has 5 nitrogen and oxygen atoms in total. The van der Waals surface area contributed by atoms with Crippen molar-refractivity contribution >= 4 is 35.3 Å². The second-order valence-electron chi connectivity index (χ2n) is 3.88. The lowest BCUT2D eigenvalue weighted by Gasteiger charge is -2.13. The molecule has 0 aliphatic heterocycles. The van der Waals surface area contributed by atoms with Crippen LogP contribution in [0.25, 0.3) is 0 Å². The average molecular weight is 290 g/mol. The van der Waals surface area contributed by atoms with E-state index in [0.717, 1.165) is 24.5 Å². The third kappa shape index (κ3) is 5.73. The highest BCUT2D eigenvalue weighted by molar-refractivity contribution is 7.99. The van der Waals surface area contributed by atoms with Crippen LogP contribution < -0.4 is 10.6 Å². The summed E-state index contributed by atoms with van der Waals surface area (Å²) in [5.74, 6) is 3.16. The molecule has 1 unspecified atom stereocenters. The van der Waals surface area contributed by atoms with Crippen LogP contribution >= 0.6 is 23.4 Å². The Bertz CT molecular complexity index is 363. The fourth-order valence-corrected chi connectivity index (χ4v) is 2.12. The number of aromatic nitrogens is 3. The fraction of sp³-hybridized carbons (Fsp3) is 0.727. The highest BCUT2D eigenvalue weighted by atomic mass is 35.5. The Labute approximate surface area is 118 Å². The average Bonchev–Trinajstić information content (AvgIpc) is 2.33. The minimum Gasteiger partial charge on any atom is -0.354 e. The first-order chi connectivity index (χ1) is 8.65. The van der Waals surface area contributed by atoms with Crippen molar-refractivity contribution in [2.75, 3.05) is 28.7 Å². The number of hydrogen-bond acceptors (Lipinski definition) is 6. The minimum atomic E-state index is 0.210. The maximum Gasteiger partial charge on any atom is 0.229 e. The topological polar surface area (TPSA) is 62.7 Å². The first-order valence-corrected chi connectivity index (χ1v) is 7.68. The van der Waals surface area contributed by atoms with Crippen LogP contribution in [0.1, 0.15) is 27.2 Å². The smallest absolute Gasteiger partial charge is 0.229 e. The third-order valence-electron chi connectivity index (χ3n) is 2.09. The highest BCUT2D eigenvalue weighted by Crippen LogP contribution is 2.12. The van der Waals surface area contributed by atoms with Gasteiger partial charge in [0.15, 0.2) is 0 Å². The summed E-state index contributed by atoms with van der Waals surface area (Å²) in [7, 11) is 0. The van der Waals surface area contributed by atoms with Crippen molar-refractivity contribution in [3.63, 3.8) is 0 Å². The van der Waals surface area contributed by atoms with Crippen LogP contribution in [0, 0.1) is 0 Å². The molecule has 7 heteroatoms. The Morgan fingerprint density at radius 1 is 1.22 bits per heavy atom. The highest BCUT2D eigenvalue weighted by Gasteiger charge is 2.07. The SMILES string of the molecule is CCCNc1nc(Cl)nc(NC(C)CSCC)n1. The second-order valence-corrected chi connectivity index (χ2v) is 5.54. The molecule has 0 saturated carbocycles. The lowest BCUT2D eigenvalue weighted by Crippen LogP contribution is -2.20. The molecule has 0 radical (unpaired) electrons. The van der Waals surface area contributed by atoms with E-state index in [9.17, 15) is 0 Å². The lowest BCUT2D eigenvalue weighted by atomic mass is 10.4. The van der Waals surface area contributed by atoms with E-state index in [1.807, 2.05) is 11.8 Å². The molecule has 0 spiro atoms. The van der Waals surface area contributed by atoms with Gasteiger partial charge in [-0.3, -0.25) is 0 Å². The van der Waals surface area contributed by atoms with Gasteiger partial charge in [0.05, 0.1) is 0 Å². The molecule has 1 atom stereocenters. The Hall–Kier alpha value is -0.750. The lowest BCUT2D eigenvalue weighted by molar-refractivity contribution is 0.872. The molecule has 0 aromatic carbocycles. The van der Waals surface area contributed by atoms with E-state index >= 15 is 0 Å². The van der Waals surface area contributed by atoms with Crippen LogP contribution in [0.15, 0.2) is 0 Å². The summed E-state index contributed by atoms with van der Waals surface area (Å²) in [6.45, 7) is 7.14. The molecular weight excluding hydrogens is 270 g/mol. The maximum atomic E-state index is 5.87. The van der Waals surface area contributed by atoms with Gasteiger partial charge in [0.2, 0.25) is 17.2 Å². The normalized spacial score (nSPS) is 12.2. The van der Waals surface area contributed by atoms with Crippen LogP contribution in [0.5, 0.6) is 0 Å². The standard InChI is InChI=1S/C11H20ClN5S/c1-4-6-13-10-15-9(12)16-11(17-10)14-8(3)7-18-5-2/h8H,4-7H2,1-3H3,(H2,13,14,15,16,17). The number of thioether (sulfide) groups is 1. The number of nitrogens with one attached hydrogen (secondary N) is 2. The summed E-state index contributed by atoms with van der Waals surface area (Å²) >= 11 is 7.74. The molecular formula is C11H20ClN5S. The van der Waals surface area contributed by atoms with Gasteiger partial charge in [-0.05, 0) is 30.7 Å². The number of rotatable bonds is 8. The van der Waals surface area contributed by atoms with E-state index in [4.69, 9.17) is 11.6 Å². The predicted molar refractivity (Wildman–Crippen MR) is 79.7 cm³/mol. The van der Waals surface area contributed by atoms with Gasteiger partial charge in [-0.1, -0.05) is 13.8 Å². The predicted octanol–water partition coefficient (Wildman–Crippen LogP) is 2.90. The molecule has 0 bridgehead atoms. The largest absolute Gasteiger partial charge is 0.354 e. The van der Waals surface area contributed by atoms with Crippen LogP contribution in [0.2, 0.25) is 5.28 Å². The van der Waals surface area contributed by atoms with Gasteiger partial charge in [-0.2, -0.15) is 26.7 Å². The van der Waals surface area contributed by atoms with Crippen molar-refractivity contribution < 1.29 is 0 Å². The van der Waals surface area contributed by atoms with Gasteiger partial charge in [0.25, 0.3) is 0 Å². The van der Waals surface area contributed by atoms with Crippen LogP contribution in [-0.2, 0) is 0 Å². The first-order valence-electron chi connectivity index (χ1n) is 6.15. The van der Waals surface area contributed by atoms with Gasteiger partial charge in [-0.15, -0.1) is 0 Å². The van der Waals surface area contributed by atoms with Crippen molar-refractivity contribution in [2.45, 2.75) is 33.2 Å². The first kappa shape index (κ1) is 15.3. The van der Waals surface area contributed by atoms with Crippen molar-refractivity contribution in [1.82, 2.24) is 15.0 Å². The summed E-state index contributed by atoms with van der Waals surface area (Å²) in [6, 6.07) is 0.299. The Balaban J connectivity index is 2.61. The van der Waals surface area contributed by atoms with E-state index in [0.29, 0.717) is 17.9 Å². The summed E-state index contributed by atoms with van der Waals surface area (Å²) in [4.78, 5) is 12.4. The Morgan fingerprint density at radius 2 is 1.94 bits per heavy atom. The summed E-state index contributed by atoms with van der Waals surface area (Å²) in [5.41, 5.74) is 0. The van der Waals surface area contributed by atoms with Gasteiger partial charge in [0.1, 0.15) is 0 Å². The quantitative estimate of drug-likeness (QED) is 0.767.